The Morgan fingerprint density at radius 1 is 1.00 bits per heavy atom. The lowest BCUT2D eigenvalue weighted by Gasteiger charge is -2.07. The summed E-state index contributed by atoms with van der Waals surface area (Å²) in [5.74, 6) is 0.677. The molecule has 0 atom stereocenters. The minimum atomic E-state index is 0.677. The molecule has 0 aliphatic carbocycles. The largest absolute Gasteiger partial charge is 0.421 e. The van der Waals surface area contributed by atoms with Crippen LogP contribution in [0.15, 0.2) is 66.1 Å². The highest BCUT2D eigenvalue weighted by Crippen LogP contribution is 2.26. The number of benzene rings is 2. The fourth-order valence-electron chi connectivity index (χ4n) is 1.36. The maximum Gasteiger partial charge on any atom is 0.137 e. The second-order valence-corrected chi connectivity index (χ2v) is 4.57. The van der Waals surface area contributed by atoms with E-state index in [9.17, 15) is 0 Å². The van der Waals surface area contributed by atoms with Crippen molar-refractivity contribution in [3.63, 3.8) is 0 Å². The normalized spacial score (nSPS) is 9.94. The molecule has 0 bridgehead atoms. The highest BCUT2D eigenvalue weighted by Gasteiger charge is 2.01. The first-order chi connectivity index (χ1) is 8.25. The zero-order chi connectivity index (χ0) is 12.1. The summed E-state index contributed by atoms with van der Waals surface area (Å²) in [7, 11) is 0. The van der Waals surface area contributed by atoms with Crippen LogP contribution < -0.4 is 0 Å². The minimum Gasteiger partial charge on any atom is -0.421 e. The van der Waals surface area contributed by atoms with E-state index in [-0.39, 0.29) is 0 Å². The Morgan fingerprint density at radius 3 is 2.29 bits per heavy atom. The van der Waals surface area contributed by atoms with E-state index in [1.807, 2.05) is 42.5 Å². The molecule has 0 radical (unpaired) electrons. The number of rotatable bonds is 4. The molecular weight excluding hydrogens is 228 g/mol. The third-order valence-corrected chi connectivity index (χ3v) is 3.10. The van der Waals surface area contributed by atoms with Crippen LogP contribution in [0.25, 0.3) is 5.76 Å². The van der Waals surface area contributed by atoms with Gasteiger partial charge in [0.25, 0.3) is 0 Å². The van der Waals surface area contributed by atoms with Gasteiger partial charge in [0.05, 0.1) is 12.0 Å². The molecule has 0 heterocycles. The smallest absolute Gasteiger partial charge is 0.137 e. The van der Waals surface area contributed by atoms with Crippen LogP contribution in [0.1, 0.15) is 11.1 Å². The Kier molecular flexibility index (Phi) is 3.89. The van der Waals surface area contributed by atoms with Gasteiger partial charge in [0, 0.05) is 10.5 Å². The molecule has 17 heavy (non-hydrogen) atoms. The molecule has 1 nitrogen and oxygen atoms in total. The van der Waals surface area contributed by atoms with Gasteiger partial charge in [-0.2, -0.15) is 0 Å². The van der Waals surface area contributed by atoms with Gasteiger partial charge in [-0.15, -0.1) is 0 Å². The highest BCUT2D eigenvalue weighted by molar-refractivity contribution is 7.95. The summed E-state index contributed by atoms with van der Waals surface area (Å²) in [5, 5.41) is 0. The van der Waals surface area contributed by atoms with Crippen LogP contribution in [0.4, 0.5) is 0 Å². The topological polar surface area (TPSA) is 9.23 Å². The molecule has 0 fully saturated rings. The summed E-state index contributed by atoms with van der Waals surface area (Å²) in [6, 6.07) is 18.1. The first-order valence-electron chi connectivity index (χ1n) is 5.41. The molecule has 0 aromatic heterocycles. The van der Waals surface area contributed by atoms with Crippen molar-refractivity contribution in [2.24, 2.45) is 0 Å². The Morgan fingerprint density at radius 2 is 1.65 bits per heavy atom. The lowest BCUT2D eigenvalue weighted by molar-refractivity contribution is 0.605. The van der Waals surface area contributed by atoms with Crippen LogP contribution in [0.5, 0.6) is 0 Å². The molecule has 2 aromatic rings. The fraction of sp³-hybridized carbons (Fsp3) is 0.0667. The Hall–Kier alpha value is -1.67. The van der Waals surface area contributed by atoms with E-state index < -0.39 is 0 Å². The van der Waals surface area contributed by atoms with Crippen molar-refractivity contribution < 1.29 is 4.18 Å². The lowest BCUT2D eigenvalue weighted by Crippen LogP contribution is -1.83. The molecule has 0 aliphatic heterocycles. The maximum atomic E-state index is 5.58. The summed E-state index contributed by atoms with van der Waals surface area (Å²) in [4.78, 5) is 1.08. The van der Waals surface area contributed by atoms with Crippen molar-refractivity contribution in [2.75, 3.05) is 0 Å². The zero-order valence-corrected chi connectivity index (χ0v) is 10.5. The molecule has 86 valence electrons. The summed E-state index contributed by atoms with van der Waals surface area (Å²) in [6.07, 6.45) is 0. The van der Waals surface area contributed by atoms with Crippen molar-refractivity contribution in [3.8, 4) is 0 Å². The molecule has 0 unspecified atom stereocenters. The summed E-state index contributed by atoms with van der Waals surface area (Å²) in [6.45, 7) is 5.98. The minimum absolute atomic E-state index is 0.677. The first-order valence-corrected chi connectivity index (χ1v) is 6.15. The van der Waals surface area contributed by atoms with E-state index in [0.717, 1.165) is 10.5 Å². The second kappa shape index (κ2) is 5.60. The molecule has 0 saturated carbocycles. The third kappa shape index (κ3) is 3.40. The number of hydrogen-bond donors (Lipinski definition) is 0. The van der Waals surface area contributed by atoms with Crippen LogP contribution in [-0.2, 0) is 4.18 Å². The Labute approximate surface area is 106 Å². The average molecular weight is 242 g/mol. The van der Waals surface area contributed by atoms with Crippen molar-refractivity contribution in [1.82, 2.24) is 0 Å². The van der Waals surface area contributed by atoms with Crippen molar-refractivity contribution in [3.05, 3.63) is 72.3 Å². The van der Waals surface area contributed by atoms with E-state index in [1.54, 1.807) is 0 Å². The zero-order valence-electron chi connectivity index (χ0n) is 9.72. The fourth-order valence-corrected chi connectivity index (χ4v) is 1.90. The predicted molar refractivity (Wildman–Crippen MR) is 73.6 cm³/mol. The molecule has 0 aliphatic rings. The van der Waals surface area contributed by atoms with Gasteiger partial charge in [0.2, 0.25) is 0 Å². The van der Waals surface area contributed by atoms with E-state index in [0.29, 0.717) is 5.76 Å². The van der Waals surface area contributed by atoms with Gasteiger partial charge < -0.3 is 4.18 Å². The standard InChI is InChI=1S/C15H14OS/c1-12-8-10-15(11-9-12)17-16-13(2)14-6-4-3-5-7-14/h3-11H,2H2,1H3. The Balaban J connectivity index is 1.95. The maximum absolute atomic E-state index is 5.58. The number of hydrogen-bond acceptors (Lipinski definition) is 2. The third-order valence-electron chi connectivity index (χ3n) is 2.36. The average Bonchev–Trinajstić information content (AvgIpc) is 2.39. The van der Waals surface area contributed by atoms with Crippen LogP contribution in [0.2, 0.25) is 0 Å². The van der Waals surface area contributed by atoms with Gasteiger partial charge in [-0.3, -0.25) is 0 Å². The molecule has 2 rings (SSSR count). The van der Waals surface area contributed by atoms with Gasteiger partial charge in [0.1, 0.15) is 5.76 Å². The van der Waals surface area contributed by atoms with Gasteiger partial charge in [0.15, 0.2) is 0 Å². The highest BCUT2D eigenvalue weighted by atomic mass is 32.2. The van der Waals surface area contributed by atoms with Crippen LogP contribution in [-0.4, -0.2) is 0 Å². The van der Waals surface area contributed by atoms with Gasteiger partial charge in [-0.25, -0.2) is 0 Å². The monoisotopic (exact) mass is 242 g/mol. The van der Waals surface area contributed by atoms with Crippen molar-refractivity contribution in [1.29, 1.82) is 0 Å². The van der Waals surface area contributed by atoms with Gasteiger partial charge >= 0.3 is 0 Å². The summed E-state index contributed by atoms with van der Waals surface area (Å²) >= 11 is 1.33. The van der Waals surface area contributed by atoms with Crippen molar-refractivity contribution >= 4 is 17.8 Å². The quantitative estimate of drug-likeness (QED) is 0.568. The molecule has 2 heteroatoms. The molecule has 0 N–H and O–H groups in total. The lowest BCUT2D eigenvalue weighted by atomic mass is 10.2. The Bertz CT molecular complexity index is 488. The molecule has 2 aromatic carbocycles. The predicted octanol–water partition coefficient (Wildman–Crippen LogP) is 4.69. The molecule has 0 spiro atoms. The summed E-state index contributed by atoms with van der Waals surface area (Å²) in [5.41, 5.74) is 2.25. The van der Waals surface area contributed by atoms with Gasteiger partial charge in [-0.1, -0.05) is 54.6 Å². The van der Waals surface area contributed by atoms with E-state index in [4.69, 9.17) is 4.18 Å². The molecule has 0 amide bonds. The van der Waals surface area contributed by atoms with E-state index >= 15 is 0 Å². The second-order valence-electron chi connectivity index (χ2n) is 3.77. The molecule has 0 saturated heterocycles. The van der Waals surface area contributed by atoms with E-state index in [1.165, 1.54) is 17.6 Å². The number of aryl methyl sites for hydroxylation is 1. The van der Waals surface area contributed by atoms with Crippen LogP contribution >= 0.6 is 12.0 Å². The van der Waals surface area contributed by atoms with E-state index in [2.05, 4.69) is 25.6 Å². The summed E-state index contributed by atoms with van der Waals surface area (Å²) < 4.78 is 5.58. The van der Waals surface area contributed by atoms with Crippen LogP contribution in [0, 0.1) is 6.92 Å². The van der Waals surface area contributed by atoms with Crippen molar-refractivity contribution in [2.45, 2.75) is 11.8 Å². The molecular formula is C15H14OS. The SMILES string of the molecule is C=C(OSc1ccc(C)cc1)c1ccccc1. The van der Waals surface area contributed by atoms with Gasteiger partial charge in [-0.05, 0) is 19.1 Å². The van der Waals surface area contributed by atoms with Crippen LogP contribution in [0.3, 0.4) is 0 Å². The first kappa shape index (κ1) is 11.8.